The SMILES string of the molecule is CCC1CCCCN1C(=O)CN(C(C)=O)C1CC1. The van der Waals surface area contributed by atoms with Gasteiger partial charge in [0.2, 0.25) is 11.8 Å². The number of hydrogen-bond donors (Lipinski definition) is 0. The van der Waals surface area contributed by atoms with Crippen LogP contribution in [-0.4, -0.2) is 46.8 Å². The lowest BCUT2D eigenvalue weighted by Gasteiger charge is -2.36. The Kier molecular flexibility index (Phi) is 4.25. The van der Waals surface area contributed by atoms with Gasteiger partial charge in [-0.25, -0.2) is 0 Å². The highest BCUT2D eigenvalue weighted by atomic mass is 16.2. The van der Waals surface area contributed by atoms with Gasteiger partial charge in [-0.15, -0.1) is 0 Å². The van der Waals surface area contributed by atoms with E-state index in [4.69, 9.17) is 0 Å². The number of piperidine rings is 1. The quantitative estimate of drug-likeness (QED) is 0.765. The van der Waals surface area contributed by atoms with Gasteiger partial charge in [0.1, 0.15) is 0 Å². The van der Waals surface area contributed by atoms with Gasteiger partial charge in [0.25, 0.3) is 0 Å². The number of amides is 2. The minimum atomic E-state index is 0.0379. The molecule has 1 saturated heterocycles. The summed E-state index contributed by atoms with van der Waals surface area (Å²) in [5, 5.41) is 0. The van der Waals surface area contributed by atoms with E-state index in [0.29, 0.717) is 12.1 Å². The third kappa shape index (κ3) is 3.03. The van der Waals surface area contributed by atoms with E-state index in [1.807, 2.05) is 4.90 Å². The van der Waals surface area contributed by atoms with E-state index in [2.05, 4.69) is 6.92 Å². The lowest BCUT2D eigenvalue weighted by Crippen LogP contribution is -2.49. The normalized spacial score (nSPS) is 23.9. The standard InChI is InChI=1S/C14H24N2O2/c1-3-12-6-4-5-9-15(12)14(18)10-16(11(2)17)13-7-8-13/h12-13H,3-10H2,1-2H3. The van der Waals surface area contributed by atoms with E-state index in [1.165, 1.54) is 6.42 Å². The molecule has 0 spiro atoms. The molecule has 0 N–H and O–H groups in total. The summed E-state index contributed by atoms with van der Waals surface area (Å²) in [6, 6.07) is 0.718. The van der Waals surface area contributed by atoms with Crippen LogP contribution in [0, 0.1) is 0 Å². The van der Waals surface area contributed by atoms with E-state index in [1.54, 1.807) is 11.8 Å². The van der Waals surface area contributed by atoms with Crippen molar-refractivity contribution in [2.45, 2.75) is 64.5 Å². The maximum absolute atomic E-state index is 12.3. The van der Waals surface area contributed by atoms with Gasteiger partial charge >= 0.3 is 0 Å². The molecule has 0 aromatic carbocycles. The minimum absolute atomic E-state index is 0.0379. The average Bonchev–Trinajstić information content (AvgIpc) is 3.19. The van der Waals surface area contributed by atoms with Crippen LogP contribution in [-0.2, 0) is 9.59 Å². The van der Waals surface area contributed by atoms with E-state index < -0.39 is 0 Å². The van der Waals surface area contributed by atoms with Crippen LogP contribution in [0.4, 0.5) is 0 Å². The van der Waals surface area contributed by atoms with E-state index in [-0.39, 0.29) is 18.4 Å². The van der Waals surface area contributed by atoms with Gasteiger partial charge in [0, 0.05) is 25.6 Å². The second kappa shape index (κ2) is 5.72. The fraction of sp³-hybridized carbons (Fsp3) is 0.857. The summed E-state index contributed by atoms with van der Waals surface area (Å²) in [4.78, 5) is 27.7. The molecule has 1 unspecified atom stereocenters. The average molecular weight is 252 g/mol. The van der Waals surface area contributed by atoms with Crippen LogP contribution in [0.1, 0.15) is 52.4 Å². The molecule has 2 aliphatic rings. The Balaban J connectivity index is 1.94. The van der Waals surface area contributed by atoms with E-state index >= 15 is 0 Å². The zero-order chi connectivity index (χ0) is 13.1. The molecular weight excluding hydrogens is 228 g/mol. The number of carbonyl (C=O) groups is 2. The Morgan fingerprint density at radius 1 is 1.22 bits per heavy atom. The fourth-order valence-corrected chi connectivity index (χ4v) is 2.87. The first-order valence-electron chi connectivity index (χ1n) is 7.20. The van der Waals surface area contributed by atoms with E-state index in [9.17, 15) is 9.59 Å². The van der Waals surface area contributed by atoms with Crippen molar-refractivity contribution >= 4 is 11.8 Å². The summed E-state index contributed by atoms with van der Waals surface area (Å²) >= 11 is 0. The van der Waals surface area contributed by atoms with Crippen molar-refractivity contribution in [1.29, 1.82) is 0 Å². The summed E-state index contributed by atoms with van der Waals surface area (Å²) in [5.41, 5.74) is 0. The van der Waals surface area contributed by atoms with Gasteiger partial charge in [0.05, 0.1) is 6.54 Å². The van der Waals surface area contributed by atoms with Crippen LogP contribution in [0.5, 0.6) is 0 Å². The molecule has 0 radical (unpaired) electrons. The molecule has 1 atom stereocenters. The maximum atomic E-state index is 12.3. The Bertz CT molecular complexity index is 326. The molecule has 0 aromatic rings. The van der Waals surface area contributed by atoms with Gasteiger partial charge in [-0.3, -0.25) is 9.59 Å². The molecule has 0 aromatic heterocycles. The third-order valence-corrected chi connectivity index (χ3v) is 4.12. The molecule has 0 bridgehead atoms. The summed E-state index contributed by atoms with van der Waals surface area (Å²) in [5.74, 6) is 0.180. The largest absolute Gasteiger partial charge is 0.338 e. The smallest absolute Gasteiger partial charge is 0.242 e. The number of likely N-dealkylation sites (tertiary alicyclic amines) is 1. The van der Waals surface area contributed by atoms with Crippen LogP contribution in [0.25, 0.3) is 0 Å². The molecule has 1 aliphatic heterocycles. The second-order valence-corrected chi connectivity index (χ2v) is 5.52. The molecule has 2 amide bonds. The lowest BCUT2D eigenvalue weighted by molar-refractivity contribution is -0.142. The predicted octanol–water partition coefficient (Wildman–Crippen LogP) is 1.79. The van der Waals surface area contributed by atoms with Gasteiger partial charge < -0.3 is 9.80 Å². The minimum Gasteiger partial charge on any atom is -0.338 e. The predicted molar refractivity (Wildman–Crippen MR) is 70.1 cm³/mol. The number of rotatable bonds is 4. The Hall–Kier alpha value is -1.06. The van der Waals surface area contributed by atoms with E-state index in [0.717, 1.165) is 38.6 Å². The summed E-state index contributed by atoms with van der Waals surface area (Å²) < 4.78 is 0. The van der Waals surface area contributed by atoms with Crippen molar-refractivity contribution in [3.8, 4) is 0 Å². The van der Waals surface area contributed by atoms with Crippen molar-refractivity contribution in [2.75, 3.05) is 13.1 Å². The highest BCUT2D eigenvalue weighted by molar-refractivity contribution is 5.84. The Morgan fingerprint density at radius 2 is 1.94 bits per heavy atom. The zero-order valence-corrected chi connectivity index (χ0v) is 11.5. The van der Waals surface area contributed by atoms with Crippen molar-refractivity contribution in [3.63, 3.8) is 0 Å². The summed E-state index contributed by atoms with van der Waals surface area (Å²) in [7, 11) is 0. The number of carbonyl (C=O) groups excluding carboxylic acids is 2. The Labute approximate surface area is 109 Å². The van der Waals surface area contributed by atoms with Crippen LogP contribution in [0.3, 0.4) is 0 Å². The molecule has 1 heterocycles. The van der Waals surface area contributed by atoms with Gasteiger partial charge in [-0.1, -0.05) is 6.92 Å². The van der Waals surface area contributed by atoms with Crippen molar-refractivity contribution in [3.05, 3.63) is 0 Å². The first kappa shape index (κ1) is 13.4. The number of nitrogens with zero attached hydrogens (tertiary/aromatic N) is 2. The van der Waals surface area contributed by atoms with Crippen molar-refractivity contribution in [1.82, 2.24) is 9.80 Å². The monoisotopic (exact) mass is 252 g/mol. The summed E-state index contributed by atoms with van der Waals surface area (Å²) in [6.45, 7) is 4.86. The first-order chi connectivity index (χ1) is 8.63. The van der Waals surface area contributed by atoms with Gasteiger partial charge in [-0.05, 0) is 38.5 Å². The van der Waals surface area contributed by atoms with Crippen molar-refractivity contribution in [2.24, 2.45) is 0 Å². The molecule has 18 heavy (non-hydrogen) atoms. The van der Waals surface area contributed by atoms with Crippen LogP contribution in [0.15, 0.2) is 0 Å². The number of hydrogen-bond acceptors (Lipinski definition) is 2. The highest BCUT2D eigenvalue weighted by Gasteiger charge is 2.34. The molecule has 2 fully saturated rings. The molecule has 2 rings (SSSR count). The second-order valence-electron chi connectivity index (χ2n) is 5.52. The van der Waals surface area contributed by atoms with Gasteiger partial charge in [-0.2, -0.15) is 0 Å². The highest BCUT2D eigenvalue weighted by Crippen LogP contribution is 2.27. The maximum Gasteiger partial charge on any atom is 0.242 e. The molecule has 1 aliphatic carbocycles. The molecule has 102 valence electrons. The van der Waals surface area contributed by atoms with Crippen molar-refractivity contribution < 1.29 is 9.59 Å². The molecule has 4 heteroatoms. The zero-order valence-electron chi connectivity index (χ0n) is 11.5. The van der Waals surface area contributed by atoms with Crippen LogP contribution in [0.2, 0.25) is 0 Å². The Morgan fingerprint density at radius 3 is 2.50 bits per heavy atom. The first-order valence-corrected chi connectivity index (χ1v) is 7.20. The lowest BCUT2D eigenvalue weighted by atomic mass is 10.00. The van der Waals surface area contributed by atoms with Crippen LogP contribution < -0.4 is 0 Å². The molecular formula is C14H24N2O2. The third-order valence-electron chi connectivity index (χ3n) is 4.12. The molecule has 1 saturated carbocycles. The summed E-state index contributed by atoms with van der Waals surface area (Å²) in [6.07, 6.45) is 6.59. The molecule has 4 nitrogen and oxygen atoms in total. The topological polar surface area (TPSA) is 40.6 Å². The van der Waals surface area contributed by atoms with Crippen LogP contribution >= 0.6 is 0 Å². The fourth-order valence-electron chi connectivity index (χ4n) is 2.87. The van der Waals surface area contributed by atoms with Gasteiger partial charge in [0.15, 0.2) is 0 Å².